The van der Waals surface area contributed by atoms with E-state index in [9.17, 15) is 9.59 Å². The molecule has 0 fully saturated rings. The summed E-state index contributed by atoms with van der Waals surface area (Å²) in [5, 5.41) is 0. The Morgan fingerprint density at radius 1 is 0.500 bits per heavy atom. The quantitative estimate of drug-likeness (QED) is 0.0406. The molecule has 0 spiro atoms. The summed E-state index contributed by atoms with van der Waals surface area (Å²) in [4.78, 5) is 21.1. The Kier molecular flexibility index (Phi) is 47.4. The zero-order valence-electron chi connectivity index (χ0n) is 32.4. The summed E-state index contributed by atoms with van der Waals surface area (Å²) in [7, 11) is 0. The third kappa shape index (κ3) is 53.6. The molecule has 2 unspecified atom stereocenters. The maximum absolute atomic E-state index is 10.5. The third-order valence-electron chi connectivity index (χ3n) is 8.48. The molecule has 0 rings (SSSR count). The van der Waals surface area contributed by atoms with Gasteiger partial charge in [-0.05, 0) is 77.6 Å². The fraction of sp³-hybridized carbons (Fsp3) is 0.810. The first-order valence-corrected chi connectivity index (χ1v) is 20.2. The summed E-state index contributed by atoms with van der Waals surface area (Å²) in [6, 6.07) is 0.153. The Hall–Kier alpha value is -1.92. The third-order valence-corrected chi connectivity index (χ3v) is 8.48. The molecule has 0 saturated carbocycles. The van der Waals surface area contributed by atoms with E-state index in [2.05, 4.69) is 44.7 Å². The largest absolute Gasteiger partial charge is 0.370 e. The van der Waals surface area contributed by atoms with Crippen molar-refractivity contribution in [3.63, 3.8) is 0 Å². The molecule has 0 bridgehead atoms. The second-order valence-corrected chi connectivity index (χ2v) is 13.6. The Labute approximate surface area is 299 Å². The van der Waals surface area contributed by atoms with Crippen LogP contribution in [0.1, 0.15) is 207 Å². The lowest BCUT2D eigenvalue weighted by atomic mass is 10.1. The minimum atomic E-state index is -0.164. The van der Waals surface area contributed by atoms with Gasteiger partial charge in [0, 0.05) is 24.9 Å². The average Bonchev–Trinajstić information content (AvgIpc) is 3.05. The summed E-state index contributed by atoms with van der Waals surface area (Å²) in [6.45, 7) is 9.97. The number of primary amides is 2. The van der Waals surface area contributed by atoms with E-state index in [1.165, 1.54) is 141 Å². The van der Waals surface area contributed by atoms with Crippen LogP contribution in [0.25, 0.3) is 0 Å². The van der Waals surface area contributed by atoms with Gasteiger partial charge in [0.25, 0.3) is 0 Å². The van der Waals surface area contributed by atoms with E-state index in [1.54, 1.807) is 6.08 Å². The molecule has 2 amide bonds. The van der Waals surface area contributed by atoms with Crippen LogP contribution in [0.15, 0.2) is 37.0 Å². The van der Waals surface area contributed by atoms with Crippen LogP contribution < -0.4 is 22.9 Å². The van der Waals surface area contributed by atoms with Gasteiger partial charge in [-0.25, -0.2) is 0 Å². The summed E-state index contributed by atoms with van der Waals surface area (Å²) in [6.07, 6.45) is 46.4. The van der Waals surface area contributed by atoms with E-state index >= 15 is 0 Å². The molecule has 0 aromatic carbocycles. The molecule has 2 atom stereocenters. The predicted molar refractivity (Wildman–Crippen MR) is 214 cm³/mol. The van der Waals surface area contributed by atoms with E-state index in [0.717, 1.165) is 32.1 Å². The zero-order valence-corrected chi connectivity index (χ0v) is 32.4. The van der Waals surface area contributed by atoms with Crippen molar-refractivity contribution in [3.05, 3.63) is 37.0 Å². The molecule has 0 aromatic rings. The zero-order chi connectivity index (χ0) is 36.4. The van der Waals surface area contributed by atoms with Crippen molar-refractivity contribution in [2.75, 3.05) is 0 Å². The number of allylic oxidation sites excluding steroid dienone is 4. The van der Waals surface area contributed by atoms with Crippen molar-refractivity contribution in [1.82, 2.24) is 0 Å². The van der Waals surface area contributed by atoms with Crippen molar-refractivity contribution in [3.8, 4) is 0 Å². The van der Waals surface area contributed by atoms with Crippen LogP contribution >= 0.6 is 0 Å². The molecule has 48 heavy (non-hydrogen) atoms. The van der Waals surface area contributed by atoms with Gasteiger partial charge in [0.1, 0.15) is 0 Å². The van der Waals surface area contributed by atoms with Crippen LogP contribution in [0, 0.1) is 0 Å². The van der Waals surface area contributed by atoms with Crippen molar-refractivity contribution in [2.45, 2.75) is 219 Å². The molecular weight excluding hydrogens is 592 g/mol. The highest BCUT2D eigenvalue weighted by atomic mass is 16.1. The molecule has 0 aliphatic carbocycles. The van der Waals surface area contributed by atoms with Crippen LogP contribution in [0.2, 0.25) is 0 Å². The van der Waals surface area contributed by atoms with E-state index in [0.29, 0.717) is 12.8 Å². The molecular formula is C42H84N4O2. The monoisotopic (exact) mass is 677 g/mol. The number of carbonyl (C=O) groups excluding carboxylic acids is 2. The Morgan fingerprint density at radius 2 is 0.771 bits per heavy atom. The maximum Gasteiger partial charge on any atom is 0.217 e. The van der Waals surface area contributed by atoms with E-state index < -0.39 is 0 Å². The minimum Gasteiger partial charge on any atom is -0.370 e. The molecule has 6 nitrogen and oxygen atoms in total. The fourth-order valence-electron chi connectivity index (χ4n) is 5.15. The highest BCUT2D eigenvalue weighted by Crippen LogP contribution is 2.11. The lowest BCUT2D eigenvalue weighted by Gasteiger charge is -2.11. The highest BCUT2D eigenvalue weighted by Gasteiger charge is 2.03. The van der Waals surface area contributed by atoms with Crippen LogP contribution in [-0.2, 0) is 9.59 Å². The first-order valence-electron chi connectivity index (χ1n) is 20.2. The van der Waals surface area contributed by atoms with Crippen LogP contribution in [0.4, 0.5) is 0 Å². The van der Waals surface area contributed by atoms with Crippen molar-refractivity contribution < 1.29 is 9.59 Å². The summed E-state index contributed by atoms with van der Waals surface area (Å²) in [5.41, 5.74) is 21.2. The Bertz CT molecular complexity index is 670. The second-order valence-electron chi connectivity index (χ2n) is 13.6. The van der Waals surface area contributed by atoms with Gasteiger partial charge < -0.3 is 22.9 Å². The van der Waals surface area contributed by atoms with Crippen LogP contribution in [-0.4, -0.2) is 23.9 Å². The van der Waals surface area contributed by atoms with Gasteiger partial charge in [0.2, 0.25) is 11.8 Å². The standard InChI is InChI=1S/2C18H35NO.C6H14N2/c2*1-2-3-4-5-6-7-8-9-10-11-12-13-14-15-16-17-18(19)20;1-3-4-6(8)5(2)7/h2*9-10H,2-8,11-17H2,1H3,(H2,19,20);3,5-6H,1,4,7-8H2,2H3/b2*10-9-;. The van der Waals surface area contributed by atoms with Gasteiger partial charge in [-0.2, -0.15) is 0 Å². The predicted octanol–water partition coefficient (Wildman–Crippen LogP) is 11.3. The molecule has 0 aliphatic rings. The van der Waals surface area contributed by atoms with Gasteiger partial charge >= 0.3 is 0 Å². The van der Waals surface area contributed by atoms with E-state index in [1.807, 2.05) is 6.92 Å². The van der Waals surface area contributed by atoms with Gasteiger partial charge in [-0.1, -0.05) is 147 Å². The number of amides is 2. The Balaban J connectivity index is -0.000000689. The second kappa shape index (κ2) is 45.1. The summed E-state index contributed by atoms with van der Waals surface area (Å²) in [5.74, 6) is -0.328. The van der Waals surface area contributed by atoms with Crippen molar-refractivity contribution in [2.24, 2.45) is 22.9 Å². The van der Waals surface area contributed by atoms with Crippen molar-refractivity contribution >= 4 is 11.8 Å². The van der Waals surface area contributed by atoms with Crippen molar-refractivity contribution in [1.29, 1.82) is 0 Å². The normalized spacial score (nSPS) is 12.3. The fourth-order valence-corrected chi connectivity index (χ4v) is 5.15. The van der Waals surface area contributed by atoms with E-state index in [4.69, 9.17) is 22.9 Å². The van der Waals surface area contributed by atoms with E-state index in [-0.39, 0.29) is 23.9 Å². The molecule has 0 heterocycles. The number of unbranched alkanes of at least 4 members (excludes halogenated alkanes) is 22. The Morgan fingerprint density at radius 3 is 1.00 bits per heavy atom. The summed E-state index contributed by atoms with van der Waals surface area (Å²) < 4.78 is 0. The molecule has 8 N–H and O–H groups in total. The summed E-state index contributed by atoms with van der Waals surface area (Å²) >= 11 is 0. The number of nitrogens with two attached hydrogens (primary N) is 4. The molecule has 0 aromatic heterocycles. The lowest BCUT2D eigenvalue weighted by molar-refractivity contribution is -0.119. The van der Waals surface area contributed by atoms with Gasteiger partial charge in [0.15, 0.2) is 0 Å². The maximum atomic E-state index is 10.5. The number of carbonyl (C=O) groups is 2. The highest BCUT2D eigenvalue weighted by molar-refractivity contribution is 5.73. The molecule has 0 saturated heterocycles. The SMILES string of the molecule is C=CCC(N)C(C)N.CCCCCCCC/C=C\CCCCCCCC(N)=O.CCCCCCCC/C=C\CCCCCCCC(N)=O. The van der Waals surface area contributed by atoms with Crippen LogP contribution in [0.5, 0.6) is 0 Å². The first kappa shape index (κ1) is 50.5. The molecule has 6 heteroatoms. The number of rotatable bonds is 33. The molecule has 0 aliphatic heterocycles. The lowest BCUT2D eigenvalue weighted by Crippen LogP contribution is -2.38. The van der Waals surface area contributed by atoms with Gasteiger partial charge in [-0.3, -0.25) is 9.59 Å². The number of hydrogen-bond acceptors (Lipinski definition) is 4. The average molecular weight is 677 g/mol. The molecule has 284 valence electrons. The number of hydrogen-bond donors (Lipinski definition) is 4. The smallest absolute Gasteiger partial charge is 0.217 e. The van der Waals surface area contributed by atoms with Gasteiger partial charge in [-0.15, -0.1) is 6.58 Å². The van der Waals surface area contributed by atoms with Gasteiger partial charge in [0.05, 0.1) is 0 Å². The van der Waals surface area contributed by atoms with Crippen LogP contribution in [0.3, 0.4) is 0 Å². The minimum absolute atomic E-state index is 0.0764. The molecule has 0 radical (unpaired) electrons. The first-order chi connectivity index (χ1) is 23.2. The topological polar surface area (TPSA) is 138 Å².